The number of aromatic nitrogens is 3. The number of alkyl halides is 3. The molecule has 0 bridgehead atoms. The van der Waals surface area contributed by atoms with Gasteiger partial charge in [0.2, 0.25) is 11.9 Å². The molecular weight excluding hydrogens is 453 g/mol. The van der Waals surface area contributed by atoms with E-state index < -0.39 is 17.9 Å². The minimum atomic E-state index is -4.47. The van der Waals surface area contributed by atoms with Crippen LogP contribution in [0.5, 0.6) is 5.75 Å². The van der Waals surface area contributed by atoms with E-state index in [0.29, 0.717) is 35.5 Å². The van der Waals surface area contributed by atoms with Gasteiger partial charge in [-0.3, -0.25) is 4.79 Å². The van der Waals surface area contributed by atoms with Crippen molar-refractivity contribution in [2.45, 2.75) is 51.1 Å². The van der Waals surface area contributed by atoms with Crippen LogP contribution < -0.4 is 20.3 Å². The molecule has 3 heterocycles. The zero-order valence-corrected chi connectivity index (χ0v) is 19.3. The van der Waals surface area contributed by atoms with Crippen molar-refractivity contribution in [3.8, 4) is 5.75 Å². The number of methoxy groups -OCH3 is 1. The number of halogens is 3. The highest BCUT2D eigenvalue weighted by atomic mass is 19.4. The summed E-state index contributed by atoms with van der Waals surface area (Å²) in [7, 11) is 3.37. The fourth-order valence-corrected chi connectivity index (χ4v) is 4.21. The summed E-state index contributed by atoms with van der Waals surface area (Å²) in [5.74, 6) is 1.49. The van der Waals surface area contributed by atoms with Crippen molar-refractivity contribution in [2.75, 3.05) is 36.3 Å². The Hall–Kier alpha value is -3.15. The number of rotatable bonds is 7. The molecule has 2 N–H and O–H groups in total. The van der Waals surface area contributed by atoms with Crippen molar-refractivity contribution in [2.24, 2.45) is 5.92 Å². The molecule has 0 radical (unpaired) electrons. The number of hydrogen-bond acceptors (Lipinski definition) is 8. The predicted molar refractivity (Wildman–Crippen MR) is 119 cm³/mol. The second-order valence-electron chi connectivity index (χ2n) is 8.68. The number of amides is 1. The zero-order valence-electron chi connectivity index (χ0n) is 19.3. The van der Waals surface area contributed by atoms with Gasteiger partial charge >= 0.3 is 6.18 Å². The highest BCUT2D eigenvalue weighted by Crippen LogP contribution is 2.35. The van der Waals surface area contributed by atoms with E-state index >= 15 is 0 Å². The third kappa shape index (κ3) is 4.86. The minimum absolute atomic E-state index is 0.147. The molecule has 34 heavy (non-hydrogen) atoms. The Kier molecular flexibility index (Phi) is 6.52. The van der Waals surface area contributed by atoms with Crippen LogP contribution in [0.25, 0.3) is 0 Å². The number of nitrogens with one attached hydrogen (secondary N) is 2. The predicted octanol–water partition coefficient (Wildman–Crippen LogP) is 3.26. The van der Waals surface area contributed by atoms with Gasteiger partial charge in [-0.25, -0.2) is 9.97 Å². The maximum atomic E-state index is 12.6. The van der Waals surface area contributed by atoms with Crippen LogP contribution in [0.2, 0.25) is 0 Å². The standard InChI is InChI=1S/C22H27F3N6O3/c1-11-17-19(31(3)18(12(2)33-4)20(32)29-17)30-21(27-11)28-14-7-13(8-14)10-34-15-5-6-16(26-9-15)22(23,24)25/h5-6,9,12-14,18H,7-8,10H2,1-4H3,(H,29,32)(H,27,28,30)/t12-,13?,14?,18+/m1/s1. The van der Waals surface area contributed by atoms with Crippen molar-refractivity contribution in [3.63, 3.8) is 0 Å². The van der Waals surface area contributed by atoms with Gasteiger partial charge < -0.3 is 25.0 Å². The summed E-state index contributed by atoms with van der Waals surface area (Å²) in [6, 6.07) is 1.83. The van der Waals surface area contributed by atoms with E-state index in [1.54, 1.807) is 19.1 Å². The summed E-state index contributed by atoms with van der Waals surface area (Å²) < 4.78 is 48.7. The van der Waals surface area contributed by atoms with Gasteiger partial charge in [0.1, 0.15) is 23.2 Å². The van der Waals surface area contributed by atoms with Gasteiger partial charge in [-0.15, -0.1) is 0 Å². The van der Waals surface area contributed by atoms with E-state index in [2.05, 4.69) is 25.6 Å². The number of anilines is 3. The molecule has 1 aliphatic heterocycles. The summed E-state index contributed by atoms with van der Waals surface area (Å²) >= 11 is 0. The van der Waals surface area contributed by atoms with Crippen LogP contribution in [0.1, 0.15) is 31.2 Å². The van der Waals surface area contributed by atoms with E-state index in [1.807, 2.05) is 13.8 Å². The first-order valence-corrected chi connectivity index (χ1v) is 10.9. The van der Waals surface area contributed by atoms with E-state index in [9.17, 15) is 18.0 Å². The third-order valence-corrected chi connectivity index (χ3v) is 6.24. The molecular formula is C22H27F3N6O3. The van der Waals surface area contributed by atoms with Gasteiger partial charge in [-0.05, 0) is 44.7 Å². The first kappa shape index (κ1) is 24.0. The fraction of sp³-hybridized carbons (Fsp3) is 0.545. The number of aryl methyl sites for hydroxylation is 1. The van der Waals surface area contributed by atoms with Gasteiger partial charge in [0.15, 0.2) is 5.82 Å². The fourth-order valence-electron chi connectivity index (χ4n) is 4.21. The smallest absolute Gasteiger partial charge is 0.433 e. The number of fused-ring (bicyclic) bond motifs is 1. The molecule has 2 aromatic rings. The summed E-state index contributed by atoms with van der Waals surface area (Å²) in [6.07, 6.45) is -2.08. The maximum absolute atomic E-state index is 12.6. The summed E-state index contributed by atoms with van der Waals surface area (Å²) in [5, 5.41) is 6.21. The molecule has 4 rings (SSSR count). The molecule has 1 aliphatic carbocycles. The molecule has 9 nitrogen and oxygen atoms in total. The van der Waals surface area contributed by atoms with Crippen molar-refractivity contribution < 1.29 is 27.4 Å². The van der Waals surface area contributed by atoms with E-state index in [-0.39, 0.29) is 24.0 Å². The summed E-state index contributed by atoms with van der Waals surface area (Å²) in [6.45, 7) is 4.03. The SMILES string of the molecule is CO[C@H](C)[C@H]1C(=O)Nc2c(C)nc(NC3CC(COc4ccc(C(F)(F)F)nc4)C3)nc2N1C. The first-order valence-electron chi connectivity index (χ1n) is 10.9. The number of likely N-dealkylation sites (N-methyl/N-ethyl adjacent to an activating group) is 1. The lowest BCUT2D eigenvalue weighted by Crippen LogP contribution is -2.53. The summed E-state index contributed by atoms with van der Waals surface area (Å²) in [5.41, 5.74) is 0.300. The molecule has 0 spiro atoms. The Labute approximate surface area is 195 Å². The van der Waals surface area contributed by atoms with E-state index in [0.717, 1.165) is 25.1 Å². The van der Waals surface area contributed by atoms with Crippen LogP contribution in [-0.2, 0) is 15.7 Å². The average Bonchev–Trinajstić information content (AvgIpc) is 2.75. The number of nitrogens with zero attached hydrogens (tertiary/aromatic N) is 4. The van der Waals surface area contributed by atoms with Crippen molar-refractivity contribution >= 4 is 23.4 Å². The van der Waals surface area contributed by atoms with Crippen LogP contribution in [0.15, 0.2) is 18.3 Å². The number of hydrogen-bond donors (Lipinski definition) is 2. The van der Waals surface area contributed by atoms with Crippen molar-refractivity contribution in [1.29, 1.82) is 0 Å². The number of carbonyl (C=O) groups is 1. The van der Waals surface area contributed by atoms with Crippen molar-refractivity contribution in [3.05, 3.63) is 29.7 Å². The lowest BCUT2D eigenvalue weighted by molar-refractivity contribution is -0.141. The average molecular weight is 480 g/mol. The quantitative estimate of drug-likeness (QED) is 0.623. The molecule has 1 fully saturated rings. The minimum Gasteiger partial charge on any atom is -0.492 e. The zero-order chi connectivity index (χ0) is 24.6. The van der Waals surface area contributed by atoms with Crippen molar-refractivity contribution in [1.82, 2.24) is 15.0 Å². The number of pyridine rings is 1. The first-order chi connectivity index (χ1) is 16.1. The van der Waals surface area contributed by atoms with Gasteiger partial charge in [-0.2, -0.15) is 18.2 Å². The Morgan fingerprint density at radius 2 is 2.03 bits per heavy atom. The molecule has 0 saturated heterocycles. The van der Waals surface area contributed by atoms with Crippen LogP contribution in [-0.4, -0.2) is 59.8 Å². The molecule has 1 amide bonds. The molecule has 2 atom stereocenters. The maximum Gasteiger partial charge on any atom is 0.433 e. The van der Waals surface area contributed by atoms with Gasteiger partial charge in [-0.1, -0.05) is 0 Å². The monoisotopic (exact) mass is 480 g/mol. The Morgan fingerprint density at radius 3 is 2.65 bits per heavy atom. The normalized spacial score (nSPS) is 23.0. The lowest BCUT2D eigenvalue weighted by atomic mass is 9.81. The highest BCUT2D eigenvalue weighted by Gasteiger charge is 2.38. The van der Waals surface area contributed by atoms with Crippen LogP contribution in [0.3, 0.4) is 0 Å². The topological polar surface area (TPSA) is 102 Å². The molecule has 184 valence electrons. The molecule has 2 aromatic heterocycles. The highest BCUT2D eigenvalue weighted by molar-refractivity contribution is 6.03. The molecule has 12 heteroatoms. The summed E-state index contributed by atoms with van der Waals surface area (Å²) in [4.78, 5) is 26.8. The molecule has 0 unspecified atom stereocenters. The van der Waals surface area contributed by atoms with Gasteiger partial charge in [0.25, 0.3) is 0 Å². The second-order valence-corrected chi connectivity index (χ2v) is 8.68. The third-order valence-electron chi connectivity index (χ3n) is 6.24. The number of carbonyl (C=O) groups excluding carboxylic acids is 1. The molecule has 2 aliphatic rings. The Bertz CT molecular complexity index is 1040. The van der Waals surface area contributed by atoms with Crippen LogP contribution in [0.4, 0.5) is 30.6 Å². The van der Waals surface area contributed by atoms with Crippen LogP contribution in [0, 0.1) is 12.8 Å². The largest absolute Gasteiger partial charge is 0.492 e. The van der Waals surface area contributed by atoms with Gasteiger partial charge in [0.05, 0.1) is 24.6 Å². The molecule has 1 saturated carbocycles. The molecule has 0 aromatic carbocycles. The Balaban J connectivity index is 1.32. The van der Waals surface area contributed by atoms with E-state index in [4.69, 9.17) is 9.47 Å². The van der Waals surface area contributed by atoms with Gasteiger partial charge in [0, 0.05) is 20.2 Å². The van der Waals surface area contributed by atoms with Crippen LogP contribution >= 0.6 is 0 Å². The van der Waals surface area contributed by atoms with E-state index in [1.165, 1.54) is 6.07 Å². The number of ether oxygens (including phenoxy) is 2. The Morgan fingerprint density at radius 1 is 1.29 bits per heavy atom. The lowest BCUT2D eigenvalue weighted by Gasteiger charge is -2.38. The second kappa shape index (κ2) is 9.24.